The molecule has 4 aromatic rings. The van der Waals surface area contributed by atoms with E-state index in [4.69, 9.17) is 14.7 Å². The summed E-state index contributed by atoms with van der Waals surface area (Å²) in [6.07, 6.45) is 1.93. The summed E-state index contributed by atoms with van der Waals surface area (Å²) in [6.45, 7) is 0. The van der Waals surface area contributed by atoms with E-state index in [2.05, 4.69) is 42.5 Å². The second-order valence-electron chi connectivity index (χ2n) is 5.62. The van der Waals surface area contributed by atoms with Crippen LogP contribution in [0.1, 0.15) is 0 Å². The molecule has 0 bridgehead atoms. The number of hydrogen-bond donors (Lipinski definition) is 2. The zero-order chi connectivity index (χ0) is 17.4. The number of hydrogen-bond acceptors (Lipinski definition) is 5. The van der Waals surface area contributed by atoms with Crippen molar-refractivity contribution in [2.75, 3.05) is 6.26 Å². The molecule has 0 saturated carbocycles. The van der Waals surface area contributed by atoms with Crippen molar-refractivity contribution in [1.29, 1.82) is 0 Å². The second kappa shape index (κ2) is 6.73. The van der Waals surface area contributed by atoms with Gasteiger partial charge in [-0.1, -0.05) is 30.3 Å². The topological polar surface area (TPSA) is 49.7 Å². The highest BCUT2D eigenvalue weighted by Gasteiger charge is 2.15. The first kappa shape index (κ1) is 16.5. The van der Waals surface area contributed by atoms with Gasteiger partial charge in [0.2, 0.25) is 0 Å². The summed E-state index contributed by atoms with van der Waals surface area (Å²) in [7, 11) is -1.83. The van der Waals surface area contributed by atoms with Crippen molar-refractivity contribution in [3.63, 3.8) is 0 Å². The maximum absolute atomic E-state index is 9.14. The van der Waals surface area contributed by atoms with E-state index in [0.29, 0.717) is 5.75 Å². The van der Waals surface area contributed by atoms with Crippen molar-refractivity contribution >= 4 is 50.6 Å². The Morgan fingerprint density at radius 2 is 1.60 bits per heavy atom. The molecule has 4 rings (SSSR count). The largest absolute Gasteiger partial charge is 0.707 e. The van der Waals surface area contributed by atoms with Crippen LogP contribution >= 0.6 is 23.1 Å². The van der Waals surface area contributed by atoms with Gasteiger partial charge in [0.25, 0.3) is 0 Å². The van der Waals surface area contributed by atoms with E-state index in [9.17, 15) is 0 Å². The van der Waals surface area contributed by atoms with Gasteiger partial charge in [0.15, 0.2) is 0 Å². The van der Waals surface area contributed by atoms with Gasteiger partial charge in [-0.25, -0.2) is 0 Å². The molecule has 3 aromatic carbocycles. The molecule has 2 N–H and O–H groups in total. The Morgan fingerprint density at radius 1 is 0.880 bits per heavy atom. The van der Waals surface area contributed by atoms with Gasteiger partial charge in [0, 0.05) is 25.1 Å². The summed E-state index contributed by atoms with van der Waals surface area (Å²) in [4.78, 5) is 0.860. The average Bonchev–Trinajstić information content (AvgIpc) is 2.99. The summed E-state index contributed by atoms with van der Waals surface area (Å²) >= 11 is 3.29. The molecule has 0 saturated heterocycles. The zero-order valence-electron chi connectivity index (χ0n) is 13.5. The molecule has 6 heteroatoms. The van der Waals surface area contributed by atoms with Gasteiger partial charge in [-0.05, 0) is 47.7 Å². The van der Waals surface area contributed by atoms with Gasteiger partial charge in [-0.2, -0.15) is 0 Å². The summed E-state index contributed by atoms with van der Waals surface area (Å²) < 4.78 is 7.67. The molecule has 0 radical (unpaired) electrons. The lowest BCUT2D eigenvalue weighted by atomic mass is 10.0. The van der Waals surface area contributed by atoms with E-state index in [0.717, 1.165) is 16.0 Å². The van der Waals surface area contributed by atoms with Crippen LogP contribution in [0.4, 0.5) is 0 Å². The minimum Gasteiger partial charge on any atom is -0.511 e. The maximum Gasteiger partial charge on any atom is 0.707 e. The monoisotopic (exact) mass is 366 g/mol. The normalized spacial score (nSPS) is 11.2. The molecule has 25 heavy (non-hydrogen) atoms. The molecule has 3 nitrogen and oxygen atoms in total. The molecule has 0 aliphatic heterocycles. The smallest absolute Gasteiger partial charge is 0.511 e. The Morgan fingerprint density at radius 3 is 2.40 bits per heavy atom. The SMILES string of the molecule is CSc1ccc(-c2ccc3sc4ccccc4c3c2)cc1OB(O)O. The molecule has 0 atom stereocenters. The minimum absolute atomic E-state index is 0.468. The first-order chi connectivity index (χ1) is 12.2. The van der Waals surface area contributed by atoms with Crippen LogP contribution in [-0.2, 0) is 0 Å². The van der Waals surface area contributed by atoms with Crippen LogP contribution < -0.4 is 4.65 Å². The highest BCUT2D eigenvalue weighted by molar-refractivity contribution is 7.98. The fraction of sp³-hybridized carbons (Fsp3) is 0.0526. The molecule has 0 spiro atoms. The summed E-state index contributed by atoms with van der Waals surface area (Å²) in [5.74, 6) is 0.468. The lowest BCUT2D eigenvalue weighted by molar-refractivity contribution is 0.285. The Bertz CT molecular complexity index is 1060. The number of thiophene rings is 1. The lowest BCUT2D eigenvalue weighted by Crippen LogP contribution is -2.20. The molecule has 1 heterocycles. The molecule has 0 unspecified atom stereocenters. The van der Waals surface area contributed by atoms with Gasteiger partial charge >= 0.3 is 7.32 Å². The standard InChI is InChI=1S/C19H15BO3S2/c1-24-19-9-7-13(11-16(19)23-20(21)22)12-6-8-18-15(10-12)14-4-2-3-5-17(14)25-18/h2-11,21-22H,1H3. The molecule has 0 aliphatic rings. The van der Waals surface area contributed by atoms with Crippen LogP contribution in [0.3, 0.4) is 0 Å². The van der Waals surface area contributed by atoms with Crippen molar-refractivity contribution in [1.82, 2.24) is 0 Å². The Balaban J connectivity index is 1.85. The van der Waals surface area contributed by atoms with E-state index in [1.54, 1.807) is 11.3 Å². The zero-order valence-corrected chi connectivity index (χ0v) is 15.1. The van der Waals surface area contributed by atoms with Crippen LogP contribution in [0, 0.1) is 0 Å². The highest BCUT2D eigenvalue weighted by Crippen LogP contribution is 2.38. The molecule has 124 valence electrons. The minimum atomic E-state index is -1.83. The quantitative estimate of drug-likeness (QED) is 0.403. The van der Waals surface area contributed by atoms with E-state index in [-0.39, 0.29) is 0 Å². The fourth-order valence-corrected chi connectivity index (χ4v) is 4.57. The van der Waals surface area contributed by atoms with E-state index < -0.39 is 7.32 Å². The molecule has 0 amide bonds. The predicted molar refractivity (Wildman–Crippen MR) is 107 cm³/mol. The van der Waals surface area contributed by atoms with Gasteiger partial charge in [-0.3, -0.25) is 0 Å². The lowest BCUT2D eigenvalue weighted by Gasteiger charge is -2.12. The highest BCUT2D eigenvalue weighted by atomic mass is 32.2. The third-order valence-corrected chi connectivity index (χ3v) is 6.03. The first-order valence-corrected chi connectivity index (χ1v) is 9.82. The Hall–Kier alpha value is -1.99. The number of thioether (sulfide) groups is 1. The molecule has 0 aliphatic carbocycles. The second-order valence-corrected chi connectivity index (χ2v) is 7.55. The van der Waals surface area contributed by atoms with Crippen LogP contribution in [0.2, 0.25) is 0 Å². The van der Waals surface area contributed by atoms with Gasteiger partial charge < -0.3 is 14.7 Å². The molecule has 1 aromatic heterocycles. The molecular weight excluding hydrogens is 351 g/mol. The van der Waals surface area contributed by atoms with Crippen molar-refractivity contribution in [2.45, 2.75) is 4.90 Å². The third kappa shape index (κ3) is 3.14. The summed E-state index contributed by atoms with van der Waals surface area (Å²) in [5, 5.41) is 20.8. The average molecular weight is 366 g/mol. The number of fused-ring (bicyclic) bond motifs is 3. The van der Waals surface area contributed by atoms with Crippen LogP contribution in [0.25, 0.3) is 31.3 Å². The van der Waals surface area contributed by atoms with Crippen molar-refractivity contribution in [3.05, 3.63) is 60.7 Å². The Labute approximate surface area is 154 Å². The fourth-order valence-electron chi connectivity index (χ4n) is 2.97. The summed E-state index contributed by atoms with van der Waals surface area (Å²) in [5.41, 5.74) is 2.05. The van der Waals surface area contributed by atoms with Crippen LogP contribution in [0.5, 0.6) is 5.75 Å². The third-order valence-electron chi connectivity index (χ3n) is 4.11. The van der Waals surface area contributed by atoms with Gasteiger partial charge in [0.1, 0.15) is 5.75 Å². The summed E-state index contributed by atoms with van der Waals surface area (Å²) in [6, 6.07) is 20.6. The van der Waals surface area contributed by atoms with Gasteiger partial charge in [-0.15, -0.1) is 23.1 Å². The Kier molecular flexibility index (Phi) is 4.44. The first-order valence-electron chi connectivity index (χ1n) is 7.78. The van der Waals surface area contributed by atoms with Crippen molar-refractivity contribution < 1.29 is 14.7 Å². The van der Waals surface area contributed by atoms with Crippen LogP contribution in [-0.4, -0.2) is 23.6 Å². The maximum atomic E-state index is 9.14. The van der Waals surface area contributed by atoms with Crippen LogP contribution in [0.15, 0.2) is 65.6 Å². The van der Waals surface area contributed by atoms with E-state index in [1.807, 2.05) is 24.5 Å². The van der Waals surface area contributed by atoms with E-state index >= 15 is 0 Å². The van der Waals surface area contributed by atoms with E-state index in [1.165, 1.54) is 31.9 Å². The molecule has 0 fully saturated rings. The number of rotatable bonds is 4. The predicted octanol–water partition coefficient (Wildman–Crippen LogP) is 4.79. The number of benzene rings is 3. The van der Waals surface area contributed by atoms with Crippen molar-refractivity contribution in [2.24, 2.45) is 0 Å². The van der Waals surface area contributed by atoms with Gasteiger partial charge in [0.05, 0.1) is 0 Å². The van der Waals surface area contributed by atoms with Crippen molar-refractivity contribution in [3.8, 4) is 16.9 Å². The molecular formula is C19H15BO3S2.